The lowest BCUT2D eigenvalue weighted by Crippen LogP contribution is -2.39. The molecule has 0 aliphatic carbocycles. The van der Waals surface area contributed by atoms with Gasteiger partial charge in [0.1, 0.15) is 0 Å². The van der Waals surface area contributed by atoms with Crippen LogP contribution in [0.25, 0.3) is 0 Å². The van der Waals surface area contributed by atoms with Crippen LogP contribution in [-0.4, -0.2) is 44.2 Å². The van der Waals surface area contributed by atoms with Gasteiger partial charge in [-0.1, -0.05) is 13.0 Å². The first-order chi connectivity index (χ1) is 7.10. The molecule has 0 aromatic carbocycles. The Hall–Kier alpha value is -0.390. The third-order valence-electron chi connectivity index (χ3n) is 2.65. The molecule has 0 aromatic rings. The van der Waals surface area contributed by atoms with Gasteiger partial charge >= 0.3 is 0 Å². The molecule has 1 heterocycles. The van der Waals surface area contributed by atoms with Crippen LogP contribution in [0, 0.1) is 0 Å². The molecule has 1 unspecified atom stereocenters. The summed E-state index contributed by atoms with van der Waals surface area (Å²) in [5, 5.41) is 3.20. The van der Waals surface area contributed by atoms with E-state index in [1.165, 1.54) is 4.31 Å². The summed E-state index contributed by atoms with van der Waals surface area (Å²) < 4.78 is 25.4. The van der Waals surface area contributed by atoms with Crippen LogP contribution in [0.1, 0.15) is 19.8 Å². The minimum Gasteiger partial charge on any atom is -0.313 e. The molecule has 5 heteroatoms. The summed E-state index contributed by atoms with van der Waals surface area (Å²) in [6.07, 6.45) is 3.67. The molecule has 15 heavy (non-hydrogen) atoms. The Morgan fingerprint density at radius 1 is 1.60 bits per heavy atom. The van der Waals surface area contributed by atoms with Crippen LogP contribution in [0.2, 0.25) is 0 Å². The van der Waals surface area contributed by atoms with Crippen LogP contribution in [-0.2, 0) is 10.0 Å². The van der Waals surface area contributed by atoms with Gasteiger partial charge in [-0.3, -0.25) is 0 Å². The summed E-state index contributed by atoms with van der Waals surface area (Å²) >= 11 is 0. The zero-order chi connectivity index (χ0) is 11.3. The SMILES string of the molecule is C=CCN(CC)S(=O)(=O)CC1CCCN1. The minimum absolute atomic E-state index is 0.133. The first-order valence-corrected chi connectivity index (χ1v) is 7.03. The predicted octanol–water partition coefficient (Wildman–Crippen LogP) is 0.576. The molecule has 4 nitrogen and oxygen atoms in total. The van der Waals surface area contributed by atoms with Crippen molar-refractivity contribution in [1.82, 2.24) is 9.62 Å². The Morgan fingerprint density at radius 2 is 2.33 bits per heavy atom. The van der Waals surface area contributed by atoms with E-state index < -0.39 is 10.0 Å². The van der Waals surface area contributed by atoms with Crippen LogP contribution in [0.4, 0.5) is 0 Å². The van der Waals surface area contributed by atoms with Crippen molar-refractivity contribution in [3.05, 3.63) is 12.7 Å². The van der Waals surface area contributed by atoms with Crippen LogP contribution in [0.3, 0.4) is 0 Å². The second-order valence-corrected chi connectivity index (χ2v) is 5.82. The van der Waals surface area contributed by atoms with E-state index in [9.17, 15) is 8.42 Å². The lowest BCUT2D eigenvalue weighted by molar-refractivity contribution is 0.453. The highest BCUT2D eigenvalue weighted by Crippen LogP contribution is 2.10. The van der Waals surface area contributed by atoms with E-state index in [0.717, 1.165) is 19.4 Å². The molecule has 1 aliphatic rings. The van der Waals surface area contributed by atoms with Gasteiger partial charge in [0, 0.05) is 19.1 Å². The number of nitrogens with one attached hydrogen (secondary N) is 1. The minimum atomic E-state index is -3.12. The van der Waals surface area contributed by atoms with Gasteiger partial charge in [0.15, 0.2) is 0 Å². The maximum atomic E-state index is 11.9. The van der Waals surface area contributed by atoms with Gasteiger partial charge < -0.3 is 5.32 Å². The highest BCUT2D eigenvalue weighted by atomic mass is 32.2. The van der Waals surface area contributed by atoms with E-state index in [4.69, 9.17) is 0 Å². The van der Waals surface area contributed by atoms with E-state index in [1.807, 2.05) is 6.92 Å². The molecule has 0 aromatic heterocycles. The average molecular weight is 232 g/mol. The maximum absolute atomic E-state index is 11.9. The third-order valence-corrected chi connectivity index (χ3v) is 4.67. The molecule has 0 saturated carbocycles. The Kier molecular flexibility index (Phi) is 4.76. The molecule has 1 atom stereocenters. The van der Waals surface area contributed by atoms with Gasteiger partial charge in [0.05, 0.1) is 5.75 Å². The Morgan fingerprint density at radius 3 is 2.80 bits per heavy atom. The zero-order valence-electron chi connectivity index (χ0n) is 9.28. The second kappa shape index (κ2) is 5.63. The summed E-state index contributed by atoms with van der Waals surface area (Å²) in [6.45, 7) is 7.28. The van der Waals surface area contributed by atoms with Gasteiger partial charge in [-0.05, 0) is 19.4 Å². The zero-order valence-corrected chi connectivity index (χ0v) is 10.1. The van der Waals surface area contributed by atoms with E-state index in [-0.39, 0.29) is 11.8 Å². The lowest BCUT2D eigenvalue weighted by Gasteiger charge is -2.21. The molecule has 0 spiro atoms. The largest absolute Gasteiger partial charge is 0.313 e. The lowest BCUT2D eigenvalue weighted by atomic mass is 10.3. The van der Waals surface area contributed by atoms with Gasteiger partial charge in [0.25, 0.3) is 0 Å². The van der Waals surface area contributed by atoms with E-state index in [2.05, 4.69) is 11.9 Å². The fraction of sp³-hybridized carbons (Fsp3) is 0.800. The van der Waals surface area contributed by atoms with Crippen LogP contribution in [0.15, 0.2) is 12.7 Å². The number of likely N-dealkylation sites (N-methyl/N-ethyl adjacent to an activating group) is 1. The highest BCUT2D eigenvalue weighted by molar-refractivity contribution is 7.89. The molecular weight excluding hydrogens is 212 g/mol. The number of sulfonamides is 1. The summed E-state index contributed by atoms with van der Waals surface area (Å²) in [7, 11) is -3.12. The molecule has 0 radical (unpaired) electrons. The van der Waals surface area contributed by atoms with Crippen molar-refractivity contribution in [2.75, 3.05) is 25.4 Å². The normalized spacial score (nSPS) is 22.1. The van der Waals surface area contributed by atoms with Crippen molar-refractivity contribution >= 4 is 10.0 Å². The van der Waals surface area contributed by atoms with Gasteiger partial charge in [-0.25, -0.2) is 8.42 Å². The predicted molar refractivity (Wildman–Crippen MR) is 62.3 cm³/mol. The molecule has 0 bridgehead atoms. The Balaban J connectivity index is 2.58. The fourth-order valence-corrected chi connectivity index (χ4v) is 3.57. The first kappa shape index (κ1) is 12.7. The molecule has 1 rings (SSSR count). The van der Waals surface area contributed by atoms with Crippen molar-refractivity contribution in [1.29, 1.82) is 0 Å². The smallest absolute Gasteiger partial charge is 0.215 e. The van der Waals surface area contributed by atoms with E-state index >= 15 is 0 Å². The van der Waals surface area contributed by atoms with Crippen molar-refractivity contribution in [2.45, 2.75) is 25.8 Å². The van der Waals surface area contributed by atoms with Gasteiger partial charge in [0.2, 0.25) is 10.0 Å². The molecular formula is C10H20N2O2S. The fourth-order valence-electron chi connectivity index (χ4n) is 1.84. The quantitative estimate of drug-likeness (QED) is 0.681. The van der Waals surface area contributed by atoms with Crippen LogP contribution >= 0.6 is 0 Å². The standard InChI is InChI=1S/C10H20N2O2S/c1-3-8-12(4-2)15(13,14)9-10-6-5-7-11-10/h3,10-11H,1,4-9H2,2H3. The van der Waals surface area contributed by atoms with Gasteiger partial charge in [-0.15, -0.1) is 6.58 Å². The second-order valence-electron chi connectivity index (χ2n) is 3.81. The molecule has 88 valence electrons. The van der Waals surface area contributed by atoms with Crippen molar-refractivity contribution in [3.8, 4) is 0 Å². The number of nitrogens with zero attached hydrogens (tertiary/aromatic N) is 1. The first-order valence-electron chi connectivity index (χ1n) is 5.42. The molecule has 1 aliphatic heterocycles. The number of hydrogen-bond donors (Lipinski definition) is 1. The topological polar surface area (TPSA) is 49.4 Å². The maximum Gasteiger partial charge on any atom is 0.215 e. The van der Waals surface area contributed by atoms with Crippen molar-refractivity contribution in [3.63, 3.8) is 0 Å². The number of hydrogen-bond acceptors (Lipinski definition) is 3. The molecule has 0 amide bonds. The van der Waals surface area contributed by atoms with E-state index in [0.29, 0.717) is 13.1 Å². The number of rotatable bonds is 6. The van der Waals surface area contributed by atoms with Crippen molar-refractivity contribution in [2.24, 2.45) is 0 Å². The summed E-state index contributed by atoms with van der Waals surface area (Å²) in [5.74, 6) is 0.217. The van der Waals surface area contributed by atoms with E-state index in [1.54, 1.807) is 6.08 Å². The summed E-state index contributed by atoms with van der Waals surface area (Å²) in [4.78, 5) is 0. The molecule has 1 N–H and O–H groups in total. The van der Waals surface area contributed by atoms with Crippen molar-refractivity contribution < 1.29 is 8.42 Å². The summed E-state index contributed by atoms with van der Waals surface area (Å²) in [6, 6.07) is 0.133. The highest BCUT2D eigenvalue weighted by Gasteiger charge is 2.25. The van der Waals surface area contributed by atoms with Crippen LogP contribution < -0.4 is 5.32 Å². The average Bonchev–Trinajstić information content (AvgIpc) is 2.65. The van der Waals surface area contributed by atoms with Crippen LogP contribution in [0.5, 0.6) is 0 Å². The Bertz CT molecular complexity index is 295. The Labute approximate surface area is 92.4 Å². The van der Waals surface area contributed by atoms with Gasteiger partial charge in [-0.2, -0.15) is 4.31 Å². The third kappa shape index (κ3) is 3.59. The summed E-state index contributed by atoms with van der Waals surface area (Å²) in [5.41, 5.74) is 0. The molecule has 1 fully saturated rings. The monoisotopic (exact) mass is 232 g/mol. The molecule has 1 saturated heterocycles.